The number of nitrogens with zero attached hydrogens (tertiary/aromatic N) is 3. The Kier molecular flexibility index (Phi) is 7.20. The van der Waals surface area contributed by atoms with E-state index < -0.39 is 0 Å². The van der Waals surface area contributed by atoms with Crippen LogP contribution in [0.1, 0.15) is 44.3 Å². The monoisotopic (exact) mass is 432 g/mol. The van der Waals surface area contributed by atoms with Crippen molar-refractivity contribution in [1.82, 2.24) is 14.9 Å². The lowest BCUT2D eigenvalue weighted by Crippen LogP contribution is -2.33. The molecule has 1 aliphatic rings. The molecule has 1 saturated carbocycles. The number of likely N-dealkylation sites (N-methyl/N-ethyl adjacent to an activating group) is 1. The number of rotatable bonds is 8. The fourth-order valence-corrected chi connectivity index (χ4v) is 4.50. The molecule has 0 saturated heterocycles. The molecule has 168 valence electrons. The highest BCUT2D eigenvalue weighted by Crippen LogP contribution is 2.23. The molecule has 1 aliphatic carbocycles. The van der Waals surface area contributed by atoms with Gasteiger partial charge in [0.25, 0.3) is 0 Å². The highest BCUT2D eigenvalue weighted by Gasteiger charge is 2.21. The van der Waals surface area contributed by atoms with E-state index in [0.29, 0.717) is 13.0 Å². The predicted octanol–water partition coefficient (Wildman–Crippen LogP) is 4.33. The number of carbonyl (C=O) groups is 2. The normalized spacial score (nSPS) is 14.4. The smallest absolute Gasteiger partial charge is 0.246 e. The molecule has 2 amide bonds. The minimum atomic E-state index is 0.00574. The Bertz CT molecular complexity index is 1050. The molecule has 1 N–H and O–H groups in total. The first-order valence-electron chi connectivity index (χ1n) is 11.7. The van der Waals surface area contributed by atoms with Gasteiger partial charge in [-0.25, -0.2) is 4.98 Å². The van der Waals surface area contributed by atoms with Crippen LogP contribution in [-0.4, -0.2) is 35.0 Å². The summed E-state index contributed by atoms with van der Waals surface area (Å²) in [4.78, 5) is 31.9. The number of carbonyl (C=O) groups excluding carboxylic acids is 2. The third-order valence-electron chi connectivity index (χ3n) is 6.40. The topological polar surface area (TPSA) is 67.2 Å². The third kappa shape index (κ3) is 5.18. The quantitative estimate of drug-likeness (QED) is 0.539. The summed E-state index contributed by atoms with van der Waals surface area (Å²) in [5, 5.41) is 3.11. The first-order valence-corrected chi connectivity index (χ1v) is 11.7. The van der Waals surface area contributed by atoms with Crippen molar-refractivity contribution in [3.63, 3.8) is 0 Å². The first-order chi connectivity index (χ1) is 15.6. The van der Waals surface area contributed by atoms with Gasteiger partial charge in [0.1, 0.15) is 12.4 Å². The van der Waals surface area contributed by atoms with Crippen molar-refractivity contribution in [3.05, 3.63) is 60.4 Å². The minimum absolute atomic E-state index is 0.00574. The van der Waals surface area contributed by atoms with Crippen LogP contribution in [0, 0.1) is 5.92 Å². The summed E-state index contributed by atoms with van der Waals surface area (Å²) in [6.45, 7) is 0.867. The number of fused-ring (bicyclic) bond motifs is 1. The molecular formula is C26H32N4O2. The second-order valence-corrected chi connectivity index (χ2v) is 8.62. The molecule has 2 aromatic carbocycles. The number of aryl methyl sites for hydroxylation is 1. The zero-order valence-electron chi connectivity index (χ0n) is 18.8. The van der Waals surface area contributed by atoms with Crippen LogP contribution >= 0.6 is 0 Å². The van der Waals surface area contributed by atoms with Gasteiger partial charge in [-0.15, -0.1) is 0 Å². The summed E-state index contributed by atoms with van der Waals surface area (Å²) < 4.78 is 2.01. The number of amides is 2. The maximum absolute atomic E-state index is 13.0. The zero-order valence-corrected chi connectivity index (χ0v) is 18.8. The van der Waals surface area contributed by atoms with Gasteiger partial charge in [-0.1, -0.05) is 49.6 Å². The third-order valence-corrected chi connectivity index (χ3v) is 6.40. The van der Waals surface area contributed by atoms with Crippen molar-refractivity contribution in [2.24, 2.45) is 5.92 Å². The molecule has 3 aromatic rings. The Balaban J connectivity index is 1.41. The lowest BCUT2D eigenvalue weighted by Gasteiger charge is -2.20. The molecule has 6 heteroatoms. The molecule has 4 rings (SSSR count). The Labute approximate surface area is 189 Å². The van der Waals surface area contributed by atoms with Crippen LogP contribution in [0.4, 0.5) is 5.69 Å². The number of hydrogen-bond acceptors (Lipinski definition) is 3. The lowest BCUT2D eigenvalue weighted by atomic mass is 9.89. The molecular weight excluding hydrogens is 400 g/mol. The van der Waals surface area contributed by atoms with Crippen molar-refractivity contribution in [2.45, 2.75) is 51.5 Å². The van der Waals surface area contributed by atoms with Crippen LogP contribution in [0.25, 0.3) is 11.0 Å². The van der Waals surface area contributed by atoms with Gasteiger partial charge in [-0.2, -0.15) is 0 Å². The molecule has 32 heavy (non-hydrogen) atoms. The number of anilines is 1. The van der Waals surface area contributed by atoms with Crippen LogP contribution in [0.5, 0.6) is 0 Å². The average Bonchev–Trinajstić information content (AvgIpc) is 3.19. The van der Waals surface area contributed by atoms with Crippen molar-refractivity contribution in [3.8, 4) is 0 Å². The molecule has 6 nitrogen and oxygen atoms in total. The van der Waals surface area contributed by atoms with Gasteiger partial charge in [-0.05, 0) is 43.5 Å². The number of aromatic nitrogens is 2. The molecule has 0 atom stereocenters. The number of imidazole rings is 1. The Morgan fingerprint density at radius 2 is 1.75 bits per heavy atom. The van der Waals surface area contributed by atoms with E-state index >= 15 is 0 Å². The number of hydrogen-bond donors (Lipinski definition) is 1. The summed E-state index contributed by atoms with van der Waals surface area (Å²) in [7, 11) is 1.80. The molecule has 0 spiro atoms. The van der Waals surface area contributed by atoms with Crippen molar-refractivity contribution in [1.29, 1.82) is 0 Å². The second kappa shape index (κ2) is 10.4. The number of benzene rings is 2. The molecule has 0 unspecified atom stereocenters. The summed E-state index contributed by atoms with van der Waals surface area (Å²) >= 11 is 0. The molecule has 0 bridgehead atoms. The largest absolute Gasteiger partial charge is 0.356 e. The van der Waals surface area contributed by atoms with Crippen LogP contribution in [0.15, 0.2) is 54.6 Å². The van der Waals surface area contributed by atoms with Crippen molar-refractivity contribution < 1.29 is 9.59 Å². The maximum atomic E-state index is 13.0. The van der Waals surface area contributed by atoms with E-state index in [4.69, 9.17) is 4.98 Å². The Morgan fingerprint density at radius 3 is 2.53 bits per heavy atom. The van der Waals surface area contributed by atoms with Gasteiger partial charge < -0.3 is 14.8 Å². The minimum Gasteiger partial charge on any atom is -0.356 e. The first kappa shape index (κ1) is 22.1. The SMILES string of the molecule is CN(C(=O)Cn1c(CCCNC(=O)C2CCCCC2)nc2ccccc21)c1ccccc1. The summed E-state index contributed by atoms with van der Waals surface area (Å²) in [5.74, 6) is 1.26. The number of nitrogens with one attached hydrogen (secondary N) is 1. The van der Waals surface area contributed by atoms with Gasteiger partial charge in [0, 0.05) is 31.6 Å². The van der Waals surface area contributed by atoms with Crippen molar-refractivity contribution in [2.75, 3.05) is 18.5 Å². The van der Waals surface area contributed by atoms with E-state index in [2.05, 4.69) is 5.32 Å². The highest BCUT2D eigenvalue weighted by molar-refractivity contribution is 5.93. The summed E-state index contributed by atoms with van der Waals surface area (Å²) in [6, 6.07) is 17.6. The van der Waals surface area contributed by atoms with Gasteiger partial charge in [0.05, 0.1) is 11.0 Å². The Hall–Kier alpha value is -3.15. The van der Waals surface area contributed by atoms with E-state index in [-0.39, 0.29) is 24.3 Å². The highest BCUT2D eigenvalue weighted by atomic mass is 16.2. The molecule has 1 heterocycles. The van der Waals surface area contributed by atoms with E-state index in [0.717, 1.165) is 54.6 Å². The van der Waals surface area contributed by atoms with Crippen LogP contribution < -0.4 is 10.2 Å². The molecule has 0 radical (unpaired) electrons. The van der Waals surface area contributed by atoms with E-state index in [1.165, 1.54) is 6.42 Å². The van der Waals surface area contributed by atoms with Gasteiger partial charge in [0.2, 0.25) is 11.8 Å². The lowest BCUT2D eigenvalue weighted by molar-refractivity contribution is -0.125. The van der Waals surface area contributed by atoms with Crippen LogP contribution in [-0.2, 0) is 22.6 Å². The van der Waals surface area contributed by atoms with E-state index in [1.54, 1.807) is 11.9 Å². The molecule has 1 aromatic heterocycles. The summed E-state index contributed by atoms with van der Waals surface area (Å²) in [5.41, 5.74) is 2.72. The predicted molar refractivity (Wildman–Crippen MR) is 127 cm³/mol. The zero-order chi connectivity index (χ0) is 22.3. The van der Waals surface area contributed by atoms with Crippen LogP contribution in [0.2, 0.25) is 0 Å². The fraction of sp³-hybridized carbons (Fsp3) is 0.423. The van der Waals surface area contributed by atoms with E-state index in [1.807, 2.05) is 59.2 Å². The molecule has 0 aliphatic heterocycles. The Morgan fingerprint density at radius 1 is 1.03 bits per heavy atom. The van der Waals surface area contributed by atoms with Crippen molar-refractivity contribution >= 4 is 28.5 Å². The van der Waals surface area contributed by atoms with Crippen LogP contribution in [0.3, 0.4) is 0 Å². The molecule has 1 fully saturated rings. The standard InChI is InChI=1S/C26H32N4O2/c1-29(21-13-6-3-7-14-21)25(31)19-30-23-16-9-8-15-22(23)28-24(30)17-10-18-27-26(32)20-11-4-2-5-12-20/h3,6-9,13-16,20H,2,4-5,10-12,17-19H2,1H3,(H,27,32). The fourth-order valence-electron chi connectivity index (χ4n) is 4.50. The summed E-state index contributed by atoms with van der Waals surface area (Å²) in [6.07, 6.45) is 7.10. The second-order valence-electron chi connectivity index (χ2n) is 8.62. The average molecular weight is 433 g/mol. The number of para-hydroxylation sites is 3. The van der Waals surface area contributed by atoms with Gasteiger partial charge >= 0.3 is 0 Å². The van der Waals surface area contributed by atoms with Gasteiger partial charge in [-0.3, -0.25) is 9.59 Å². The van der Waals surface area contributed by atoms with E-state index in [9.17, 15) is 9.59 Å². The maximum Gasteiger partial charge on any atom is 0.246 e. The van der Waals surface area contributed by atoms with Gasteiger partial charge in [0.15, 0.2) is 0 Å².